The highest BCUT2D eigenvalue weighted by atomic mass is 16.5. The summed E-state index contributed by atoms with van der Waals surface area (Å²) in [6.07, 6.45) is 1.55. The molecule has 6 nitrogen and oxygen atoms in total. The van der Waals surface area contributed by atoms with Crippen molar-refractivity contribution in [2.75, 3.05) is 7.11 Å². The van der Waals surface area contributed by atoms with E-state index in [1.165, 1.54) is 20.1 Å². The van der Waals surface area contributed by atoms with Crippen LogP contribution in [0.4, 0.5) is 0 Å². The summed E-state index contributed by atoms with van der Waals surface area (Å²) in [7, 11) is 1.23. The van der Waals surface area contributed by atoms with Crippen molar-refractivity contribution in [1.29, 1.82) is 0 Å². The molecule has 0 saturated carbocycles. The molecule has 0 unspecified atom stereocenters. The Kier molecular flexibility index (Phi) is 5.34. The lowest BCUT2D eigenvalue weighted by Gasteiger charge is -2.07. The van der Waals surface area contributed by atoms with Crippen molar-refractivity contribution in [3.63, 3.8) is 0 Å². The number of hydrogen-bond donors (Lipinski definition) is 1. The van der Waals surface area contributed by atoms with Gasteiger partial charge in [0.2, 0.25) is 0 Å². The van der Waals surface area contributed by atoms with E-state index in [9.17, 15) is 4.79 Å². The van der Waals surface area contributed by atoms with Gasteiger partial charge in [0.05, 0.1) is 19.3 Å². The molecule has 0 bridgehead atoms. The molecule has 0 radical (unpaired) electrons. The number of ether oxygens (including phenoxy) is 1. The molecule has 0 aliphatic carbocycles. The van der Waals surface area contributed by atoms with Crippen LogP contribution in [-0.2, 0) is 9.53 Å². The van der Waals surface area contributed by atoms with E-state index in [0.29, 0.717) is 0 Å². The van der Waals surface area contributed by atoms with Gasteiger partial charge in [-0.1, -0.05) is 11.2 Å². The molecule has 0 aromatic heterocycles. The highest BCUT2D eigenvalue weighted by Gasteiger charge is 2.08. The van der Waals surface area contributed by atoms with Crippen LogP contribution in [0.5, 0.6) is 0 Å². The predicted molar refractivity (Wildman–Crippen MR) is 45.8 cm³/mol. The van der Waals surface area contributed by atoms with Crippen LogP contribution in [0.1, 0.15) is 6.92 Å². The smallest absolute Gasteiger partial charge is 0.330 e. The monoisotopic (exact) mass is 185 g/mol. The Bertz CT molecular complexity index is 243. The third-order valence-electron chi connectivity index (χ3n) is 1.31. The van der Waals surface area contributed by atoms with Crippen molar-refractivity contribution < 1.29 is 14.6 Å². The van der Waals surface area contributed by atoms with E-state index < -0.39 is 18.1 Å². The molecule has 0 heterocycles. The molecule has 0 aromatic carbocycles. The van der Waals surface area contributed by atoms with Crippen LogP contribution < -0.4 is 0 Å². The van der Waals surface area contributed by atoms with E-state index in [1.54, 1.807) is 0 Å². The Labute approximate surface area is 75.4 Å². The number of methoxy groups -OCH3 is 1. The second-order valence-corrected chi connectivity index (χ2v) is 2.32. The standard InChI is InChI=1S/C7H11N3O3/c1-5(11)6(9-10-8)3-4-7(12)13-2/h3-6,11H,1-2H3/b4-3+/t5-,6-/m1/s1. The highest BCUT2D eigenvalue weighted by molar-refractivity contribution is 5.81. The number of azide groups is 1. The van der Waals surface area contributed by atoms with Crippen LogP contribution in [0, 0.1) is 0 Å². The molecule has 2 atom stereocenters. The van der Waals surface area contributed by atoms with E-state index in [0.717, 1.165) is 6.08 Å². The molecular formula is C7H11N3O3. The minimum atomic E-state index is -0.836. The Balaban J connectivity index is 4.33. The van der Waals surface area contributed by atoms with E-state index in [4.69, 9.17) is 10.6 Å². The first-order valence-corrected chi connectivity index (χ1v) is 3.60. The Morgan fingerprint density at radius 3 is 2.77 bits per heavy atom. The third-order valence-corrected chi connectivity index (χ3v) is 1.31. The summed E-state index contributed by atoms with van der Waals surface area (Å²) in [5.74, 6) is -0.557. The summed E-state index contributed by atoms with van der Waals surface area (Å²) in [6.45, 7) is 1.46. The van der Waals surface area contributed by atoms with Gasteiger partial charge in [0.15, 0.2) is 0 Å². The van der Waals surface area contributed by atoms with Crippen molar-refractivity contribution in [2.45, 2.75) is 19.1 Å². The van der Waals surface area contributed by atoms with Gasteiger partial charge in [-0.3, -0.25) is 0 Å². The average Bonchev–Trinajstić information content (AvgIpc) is 2.11. The lowest BCUT2D eigenvalue weighted by atomic mass is 10.2. The molecule has 0 aromatic rings. The van der Waals surface area contributed by atoms with Crippen molar-refractivity contribution in [1.82, 2.24) is 0 Å². The molecular weight excluding hydrogens is 174 g/mol. The molecule has 13 heavy (non-hydrogen) atoms. The van der Waals surface area contributed by atoms with Gasteiger partial charge in [0, 0.05) is 11.0 Å². The zero-order valence-electron chi connectivity index (χ0n) is 7.41. The fourth-order valence-corrected chi connectivity index (χ4v) is 0.601. The van der Waals surface area contributed by atoms with Gasteiger partial charge in [0.1, 0.15) is 0 Å². The third kappa shape index (κ3) is 4.84. The summed E-state index contributed by atoms with van der Waals surface area (Å²) in [4.78, 5) is 13.1. The lowest BCUT2D eigenvalue weighted by Crippen LogP contribution is -2.17. The number of esters is 1. The van der Waals surface area contributed by atoms with Crippen LogP contribution in [-0.4, -0.2) is 30.3 Å². The number of carbonyl (C=O) groups excluding carboxylic acids is 1. The van der Waals surface area contributed by atoms with Gasteiger partial charge in [0.25, 0.3) is 0 Å². The predicted octanol–water partition coefficient (Wildman–Crippen LogP) is 0.775. The second-order valence-electron chi connectivity index (χ2n) is 2.32. The van der Waals surface area contributed by atoms with Gasteiger partial charge < -0.3 is 9.84 Å². The van der Waals surface area contributed by atoms with Crippen LogP contribution in [0.25, 0.3) is 10.4 Å². The fraction of sp³-hybridized carbons (Fsp3) is 0.571. The van der Waals surface area contributed by atoms with Crippen LogP contribution in [0.2, 0.25) is 0 Å². The molecule has 72 valence electrons. The van der Waals surface area contributed by atoms with Crippen LogP contribution >= 0.6 is 0 Å². The summed E-state index contributed by atoms with van der Waals surface area (Å²) < 4.78 is 4.32. The number of aliphatic hydroxyl groups is 1. The minimum absolute atomic E-state index is 0.557. The van der Waals surface area contributed by atoms with E-state index in [1.807, 2.05) is 0 Å². The topological polar surface area (TPSA) is 95.3 Å². The molecule has 0 aliphatic rings. The lowest BCUT2D eigenvalue weighted by molar-refractivity contribution is -0.134. The van der Waals surface area contributed by atoms with Crippen molar-refractivity contribution >= 4 is 5.97 Å². The van der Waals surface area contributed by atoms with Gasteiger partial charge in [-0.25, -0.2) is 4.79 Å². The second kappa shape index (κ2) is 6.05. The quantitative estimate of drug-likeness (QED) is 0.230. The molecule has 6 heteroatoms. The number of carbonyl (C=O) groups is 1. The van der Waals surface area contributed by atoms with Crippen molar-refractivity contribution in [3.05, 3.63) is 22.6 Å². The maximum Gasteiger partial charge on any atom is 0.330 e. The van der Waals surface area contributed by atoms with Crippen LogP contribution in [0.3, 0.4) is 0 Å². The summed E-state index contributed by atoms with van der Waals surface area (Å²) >= 11 is 0. The largest absolute Gasteiger partial charge is 0.466 e. The molecule has 0 rings (SSSR count). The van der Waals surface area contributed by atoms with Gasteiger partial charge in [-0.2, -0.15) is 0 Å². The Morgan fingerprint density at radius 2 is 2.38 bits per heavy atom. The molecule has 0 saturated heterocycles. The number of nitrogens with zero attached hydrogens (tertiary/aromatic N) is 3. The van der Waals surface area contributed by atoms with Gasteiger partial charge >= 0.3 is 5.97 Å². The molecule has 0 amide bonds. The first kappa shape index (κ1) is 11.5. The first-order valence-electron chi connectivity index (χ1n) is 3.60. The van der Waals surface area contributed by atoms with Crippen molar-refractivity contribution in [3.8, 4) is 0 Å². The Hall–Kier alpha value is -1.52. The normalized spacial score (nSPS) is 14.7. The van der Waals surface area contributed by atoms with Crippen molar-refractivity contribution in [2.24, 2.45) is 5.11 Å². The van der Waals surface area contributed by atoms with Crippen LogP contribution in [0.15, 0.2) is 17.3 Å². The summed E-state index contributed by atoms with van der Waals surface area (Å²) in [5, 5.41) is 12.3. The van der Waals surface area contributed by atoms with Gasteiger partial charge in [-0.15, -0.1) is 0 Å². The van der Waals surface area contributed by atoms with E-state index >= 15 is 0 Å². The zero-order valence-corrected chi connectivity index (χ0v) is 7.41. The maximum absolute atomic E-state index is 10.6. The number of hydrogen-bond acceptors (Lipinski definition) is 4. The highest BCUT2D eigenvalue weighted by Crippen LogP contribution is 2.01. The molecule has 1 N–H and O–H groups in total. The molecule has 0 spiro atoms. The minimum Gasteiger partial charge on any atom is -0.466 e. The number of aliphatic hydroxyl groups excluding tert-OH is 1. The zero-order chi connectivity index (χ0) is 10.3. The maximum atomic E-state index is 10.6. The fourth-order valence-electron chi connectivity index (χ4n) is 0.601. The first-order chi connectivity index (χ1) is 6.11. The van der Waals surface area contributed by atoms with Gasteiger partial charge in [-0.05, 0) is 12.5 Å². The average molecular weight is 185 g/mol. The SMILES string of the molecule is COC(=O)/C=C/[C@@H](N=[N+]=[N-])[C@@H](C)O. The number of rotatable bonds is 4. The summed E-state index contributed by atoms with van der Waals surface area (Å²) in [5.41, 5.74) is 8.11. The summed E-state index contributed by atoms with van der Waals surface area (Å²) in [6, 6.07) is -0.746. The Morgan fingerprint density at radius 1 is 1.77 bits per heavy atom. The molecule has 0 aliphatic heterocycles. The van der Waals surface area contributed by atoms with E-state index in [2.05, 4.69) is 14.8 Å². The molecule has 0 fully saturated rings. The van der Waals surface area contributed by atoms with E-state index in [-0.39, 0.29) is 0 Å².